The summed E-state index contributed by atoms with van der Waals surface area (Å²) < 4.78 is 11.0. The monoisotopic (exact) mass is 198 g/mol. The van der Waals surface area contributed by atoms with Gasteiger partial charge in [0.05, 0.1) is 12.2 Å². The maximum absolute atomic E-state index is 11.4. The van der Waals surface area contributed by atoms with Crippen molar-refractivity contribution in [1.82, 2.24) is 0 Å². The molecular formula is C11H18O3. The Morgan fingerprint density at radius 2 is 1.57 bits per heavy atom. The lowest BCUT2D eigenvalue weighted by molar-refractivity contribution is -0.118. The smallest absolute Gasteiger partial charge is 0.201 e. The van der Waals surface area contributed by atoms with Crippen LogP contribution in [0.25, 0.3) is 0 Å². The van der Waals surface area contributed by atoms with Crippen molar-refractivity contribution in [3.05, 3.63) is 11.5 Å². The minimum Gasteiger partial charge on any atom is -0.491 e. The van der Waals surface area contributed by atoms with Gasteiger partial charge in [0.15, 0.2) is 5.76 Å². The van der Waals surface area contributed by atoms with E-state index in [1.807, 2.05) is 27.7 Å². The first kappa shape index (κ1) is 11.1. The SMILES string of the molecule is CC(C)OC1=C(OC(C)C)C(=O)CC1. The first-order valence-corrected chi connectivity index (χ1v) is 5.10. The van der Waals surface area contributed by atoms with Crippen LogP contribution >= 0.6 is 0 Å². The van der Waals surface area contributed by atoms with Gasteiger partial charge in [0, 0.05) is 12.8 Å². The number of hydrogen-bond acceptors (Lipinski definition) is 3. The van der Waals surface area contributed by atoms with Gasteiger partial charge < -0.3 is 9.47 Å². The average Bonchev–Trinajstić information content (AvgIpc) is 2.34. The molecule has 1 aliphatic rings. The highest BCUT2D eigenvalue weighted by Gasteiger charge is 2.27. The third-order valence-electron chi connectivity index (χ3n) is 1.82. The molecule has 0 aliphatic heterocycles. The summed E-state index contributed by atoms with van der Waals surface area (Å²) >= 11 is 0. The molecule has 0 aromatic rings. The first-order valence-electron chi connectivity index (χ1n) is 5.10. The molecule has 0 saturated carbocycles. The predicted octanol–water partition coefficient (Wildman–Crippen LogP) is 2.41. The summed E-state index contributed by atoms with van der Waals surface area (Å²) in [5.74, 6) is 1.22. The zero-order valence-corrected chi connectivity index (χ0v) is 9.29. The van der Waals surface area contributed by atoms with Crippen molar-refractivity contribution in [2.75, 3.05) is 0 Å². The van der Waals surface area contributed by atoms with E-state index in [0.29, 0.717) is 18.6 Å². The van der Waals surface area contributed by atoms with E-state index in [2.05, 4.69) is 0 Å². The summed E-state index contributed by atoms with van der Waals surface area (Å²) in [4.78, 5) is 11.4. The fourth-order valence-corrected chi connectivity index (χ4v) is 1.37. The lowest BCUT2D eigenvalue weighted by Gasteiger charge is -2.14. The summed E-state index contributed by atoms with van der Waals surface area (Å²) in [7, 11) is 0. The number of Topliss-reactive ketones (excluding diaryl/α,β-unsaturated/α-hetero) is 1. The second-order valence-electron chi connectivity index (χ2n) is 4.01. The molecule has 0 atom stereocenters. The van der Waals surface area contributed by atoms with Gasteiger partial charge in [-0.3, -0.25) is 4.79 Å². The van der Waals surface area contributed by atoms with Crippen LogP contribution in [0.2, 0.25) is 0 Å². The molecule has 0 bridgehead atoms. The number of carbonyl (C=O) groups excluding carboxylic acids is 1. The van der Waals surface area contributed by atoms with Gasteiger partial charge in [-0.05, 0) is 27.7 Å². The summed E-state index contributed by atoms with van der Waals surface area (Å²) in [6.45, 7) is 7.71. The van der Waals surface area contributed by atoms with Crippen LogP contribution < -0.4 is 0 Å². The molecule has 1 rings (SSSR count). The Hall–Kier alpha value is -0.990. The largest absolute Gasteiger partial charge is 0.491 e. The Morgan fingerprint density at radius 3 is 2.07 bits per heavy atom. The number of rotatable bonds is 4. The van der Waals surface area contributed by atoms with E-state index in [9.17, 15) is 4.79 Å². The van der Waals surface area contributed by atoms with E-state index >= 15 is 0 Å². The summed E-state index contributed by atoms with van der Waals surface area (Å²) in [6, 6.07) is 0. The normalized spacial score (nSPS) is 17.1. The Labute approximate surface area is 85.1 Å². The van der Waals surface area contributed by atoms with Crippen LogP contribution in [0.15, 0.2) is 11.5 Å². The van der Waals surface area contributed by atoms with Gasteiger partial charge in [-0.25, -0.2) is 0 Å². The van der Waals surface area contributed by atoms with Crippen LogP contribution in [0.1, 0.15) is 40.5 Å². The van der Waals surface area contributed by atoms with Crippen molar-refractivity contribution in [2.45, 2.75) is 52.7 Å². The Kier molecular flexibility index (Phi) is 3.55. The Balaban J connectivity index is 2.74. The van der Waals surface area contributed by atoms with Crippen LogP contribution in [0.3, 0.4) is 0 Å². The second kappa shape index (κ2) is 4.49. The number of ketones is 1. The van der Waals surface area contributed by atoms with Crippen LogP contribution in [0, 0.1) is 0 Å². The van der Waals surface area contributed by atoms with Crippen molar-refractivity contribution in [1.29, 1.82) is 0 Å². The molecule has 0 amide bonds. The highest BCUT2D eigenvalue weighted by Crippen LogP contribution is 2.26. The molecule has 0 spiro atoms. The summed E-state index contributed by atoms with van der Waals surface area (Å²) in [5.41, 5.74) is 0. The molecule has 0 unspecified atom stereocenters. The van der Waals surface area contributed by atoms with Gasteiger partial charge in [-0.15, -0.1) is 0 Å². The minimum atomic E-state index is 0.0258. The molecule has 1 aliphatic carbocycles. The highest BCUT2D eigenvalue weighted by molar-refractivity contribution is 5.96. The summed E-state index contributed by atoms with van der Waals surface area (Å²) in [6.07, 6.45) is 1.32. The third-order valence-corrected chi connectivity index (χ3v) is 1.82. The fraction of sp³-hybridized carbons (Fsp3) is 0.727. The molecule has 0 fully saturated rings. The molecule has 3 nitrogen and oxygen atoms in total. The highest BCUT2D eigenvalue weighted by atomic mass is 16.5. The van der Waals surface area contributed by atoms with Crippen molar-refractivity contribution in [3.8, 4) is 0 Å². The van der Waals surface area contributed by atoms with E-state index in [0.717, 1.165) is 5.76 Å². The number of hydrogen-bond donors (Lipinski definition) is 0. The van der Waals surface area contributed by atoms with Crippen LogP contribution in [0.5, 0.6) is 0 Å². The molecule has 0 N–H and O–H groups in total. The van der Waals surface area contributed by atoms with E-state index in [1.54, 1.807) is 0 Å². The van der Waals surface area contributed by atoms with E-state index in [-0.39, 0.29) is 18.0 Å². The molecular weight excluding hydrogens is 180 g/mol. The predicted molar refractivity (Wildman–Crippen MR) is 53.7 cm³/mol. The molecule has 0 heterocycles. The van der Waals surface area contributed by atoms with E-state index in [4.69, 9.17) is 9.47 Å². The Morgan fingerprint density at radius 1 is 1.00 bits per heavy atom. The molecule has 0 aromatic carbocycles. The number of ether oxygens (including phenoxy) is 2. The minimum absolute atomic E-state index is 0.0258. The quantitative estimate of drug-likeness (QED) is 0.696. The average molecular weight is 198 g/mol. The molecule has 80 valence electrons. The third kappa shape index (κ3) is 2.76. The van der Waals surface area contributed by atoms with E-state index < -0.39 is 0 Å². The number of allylic oxidation sites excluding steroid dienone is 2. The Bertz CT molecular complexity index is 251. The topological polar surface area (TPSA) is 35.5 Å². The molecule has 0 saturated heterocycles. The van der Waals surface area contributed by atoms with Gasteiger partial charge in [0.2, 0.25) is 5.78 Å². The van der Waals surface area contributed by atoms with Crippen LogP contribution in [-0.2, 0) is 14.3 Å². The van der Waals surface area contributed by atoms with Crippen molar-refractivity contribution in [2.24, 2.45) is 0 Å². The van der Waals surface area contributed by atoms with Crippen molar-refractivity contribution < 1.29 is 14.3 Å². The lowest BCUT2D eigenvalue weighted by atomic mass is 10.3. The zero-order chi connectivity index (χ0) is 10.7. The van der Waals surface area contributed by atoms with Gasteiger partial charge in [-0.1, -0.05) is 0 Å². The number of carbonyl (C=O) groups is 1. The lowest BCUT2D eigenvalue weighted by Crippen LogP contribution is -2.10. The van der Waals surface area contributed by atoms with Gasteiger partial charge in [-0.2, -0.15) is 0 Å². The van der Waals surface area contributed by atoms with Crippen LogP contribution in [-0.4, -0.2) is 18.0 Å². The second-order valence-corrected chi connectivity index (χ2v) is 4.01. The first-order chi connectivity index (χ1) is 6.50. The van der Waals surface area contributed by atoms with E-state index in [1.165, 1.54) is 0 Å². The van der Waals surface area contributed by atoms with Crippen LogP contribution in [0.4, 0.5) is 0 Å². The molecule has 0 radical (unpaired) electrons. The van der Waals surface area contributed by atoms with Crippen molar-refractivity contribution >= 4 is 5.78 Å². The van der Waals surface area contributed by atoms with Gasteiger partial charge in [0.25, 0.3) is 0 Å². The maximum atomic E-state index is 11.4. The van der Waals surface area contributed by atoms with Gasteiger partial charge in [0.1, 0.15) is 5.76 Å². The maximum Gasteiger partial charge on any atom is 0.201 e. The summed E-state index contributed by atoms with van der Waals surface area (Å²) in [5, 5.41) is 0. The van der Waals surface area contributed by atoms with Crippen molar-refractivity contribution in [3.63, 3.8) is 0 Å². The molecule has 14 heavy (non-hydrogen) atoms. The standard InChI is InChI=1S/C11H18O3/c1-7(2)13-10-6-5-9(12)11(10)14-8(3)4/h7-8H,5-6H2,1-4H3. The molecule has 3 heteroatoms. The molecule has 0 aromatic heterocycles. The van der Waals surface area contributed by atoms with Gasteiger partial charge >= 0.3 is 0 Å². The fourth-order valence-electron chi connectivity index (χ4n) is 1.37. The zero-order valence-electron chi connectivity index (χ0n) is 9.29.